The third-order valence-electron chi connectivity index (χ3n) is 0.431. The minimum atomic E-state index is -0.887. The van der Waals surface area contributed by atoms with E-state index in [-0.39, 0.29) is 0 Å². The first-order valence-electron chi connectivity index (χ1n) is 1.95. The van der Waals surface area contributed by atoms with E-state index >= 15 is 0 Å². The van der Waals surface area contributed by atoms with Crippen molar-refractivity contribution in [3.8, 4) is 0 Å². The van der Waals surface area contributed by atoms with Crippen LogP contribution in [0.1, 0.15) is 0 Å². The second kappa shape index (κ2) is 4.02. The van der Waals surface area contributed by atoms with Crippen molar-refractivity contribution in [2.45, 2.75) is 0 Å². The Hall–Kier alpha value is -0.150. The van der Waals surface area contributed by atoms with Crippen molar-refractivity contribution in [2.24, 2.45) is 0 Å². The van der Waals surface area contributed by atoms with Crippen LogP contribution in [0.3, 0.4) is 0 Å². The Morgan fingerprint density at radius 2 is 2.57 bits per heavy atom. The quantitative estimate of drug-likeness (QED) is 0.523. The van der Waals surface area contributed by atoms with E-state index < -0.39 is 11.0 Å². The van der Waals surface area contributed by atoms with E-state index in [2.05, 4.69) is 11.3 Å². The molecule has 1 unspecified atom stereocenters. The highest BCUT2D eigenvalue weighted by Crippen LogP contribution is 1.62. The van der Waals surface area contributed by atoms with Crippen molar-refractivity contribution in [3.05, 3.63) is 12.7 Å². The summed E-state index contributed by atoms with van der Waals surface area (Å²) in [6.07, 6.45) is 3.25. The molecule has 0 aromatic heterocycles. The maximum Gasteiger partial charge on any atom is 0.0886 e. The molecule has 2 nitrogen and oxygen atoms in total. The lowest BCUT2D eigenvalue weighted by atomic mass is 10.7. The Bertz CT molecular complexity index is 81.8. The first kappa shape index (κ1) is 6.85. The third-order valence-corrected chi connectivity index (χ3v) is 1.00. The van der Waals surface area contributed by atoms with Crippen LogP contribution in [0.2, 0.25) is 0 Å². The predicted octanol–water partition coefficient (Wildman–Crippen LogP) is 0.0555. The first-order chi connectivity index (χ1) is 3.27. The van der Waals surface area contributed by atoms with Crippen LogP contribution in [0.25, 0.3) is 0 Å². The topological polar surface area (TPSA) is 29.1 Å². The summed E-state index contributed by atoms with van der Waals surface area (Å²) in [5.41, 5.74) is 0. The number of rotatable bonds is 3. The lowest BCUT2D eigenvalue weighted by Gasteiger charge is -1.89. The van der Waals surface area contributed by atoms with Gasteiger partial charge in [-0.2, -0.15) is 0 Å². The zero-order chi connectivity index (χ0) is 5.70. The second-order valence-corrected chi connectivity index (χ2v) is 2.29. The van der Waals surface area contributed by atoms with Gasteiger partial charge in [-0.15, -0.1) is 6.58 Å². The fraction of sp³-hybridized carbons (Fsp3) is 0.500. The van der Waals surface area contributed by atoms with E-state index in [4.69, 9.17) is 0 Å². The largest absolute Gasteiger partial charge is 0.243 e. The van der Waals surface area contributed by atoms with Gasteiger partial charge < -0.3 is 0 Å². The summed E-state index contributed by atoms with van der Waals surface area (Å²) in [6, 6.07) is 0. The molecule has 0 fully saturated rings. The minimum Gasteiger partial charge on any atom is -0.243 e. The maximum absolute atomic E-state index is 10.2. The molecular weight excluding hydrogens is 110 g/mol. The van der Waals surface area contributed by atoms with E-state index in [0.29, 0.717) is 6.54 Å². The van der Waals surface area contributed by atoms with Crippen molar-refractivity contribution in [1.82, 2.24) is 4.72 Å². The van der Waals surface area contributed by atoms with Gasteiger partial charge in [-0.05, 0) is 0 Å². The zero-order valence-corrected chi connectivity index (χ0v) is 5.12. The van der Waals surface area contributed by atoms with Crippen LogP contribution in [-0.2, 0) is 11.0 Å². The molecule has 42 valence electrons. The lowest BCUT2D eigenvalue weighted by molar-refractivity contribution is 0.680. The SMILES string of the molecule is C=CCNS(C)=O. The van der Waals surface area contributed by atoms with Crippen molar-refractivity contribution in [3.63, 3.8) is 0 Å². The zero-order valence-electron chi connectivity index (χ0n) is 4.31. The third kappa shape index (κ3) is 5.85. The van der Waals surface area contributed by atoms with Gasteiger partial charge in [0.15, 0.2) is 0 Å². The molecule has 0 aliphatic carbocycles. The highest BCUT2D eigenvalue weighted by Gasteiger charge is 1.79. The van der Waals surface area contributed by atoms with E-state index in [0.717, 1.165) is 0 Å². The van der Waals surface area contributed by atoms with Gasteiger partial charge in [0.05, 0.1) is 11.0 Å². The standard InChI is InChI=1S/C4H9NOS/c1-3-4-5-7(2)6/h3,5H,1,4H2,2H3. The summed E-state index contributed by atoms with van der Waals surface area (Å²) in [7, 11) is -0.887. The van der Waals surface area contributed by atoms with Crippen LogP contribution < -0.4 is 4.72 Å². The molecule has 7 heavy (non-hydrogen) atoms. The van der Waals surface area contributed by atoms with E-state index in [1.54, 1.807) is 12.3 Å². The minimum absolute atomic E-state index is 0.614. The van der Waals surface area contributed by atoms with E-state index in [9.17, 15) is 4.21 Å². The first-order valence-corrected chi connectivity index (χ1v) is 3.51. The molecule has 0 aliphatic rings. The molecule has 0 bridgehead atoms. The average Bonchev–Trinajstić information content (AvgIpc) is 1.61. The van der Waals surface area contributed by atoms with Gasteiger partial charge in [-0.3, -0.25) is 0 Å². The van der Waals surface area contributed by atoms with Gasteiger partial charge in [0, 0.05) is 12.8 Å². The Morgan fingerprint density at radius 1 is 2.00 bits per heavy atom. The molecule has 0 rings (SSSR count). The van der Waals surface area contributed by atoms with Crippen molar-refractivity contribution in [2.75, 3.05) is 12.8 Å². The van der Waals surface area contributed by atoms with Crippen LogP contribution in [-0.4, -0.2) is 17.0 Å². The fourth-order valence-corrected chi connectivity index (χ4v) is 0.529. The molecule has 0 radical (unpaired) electrons. The molecular formula is C4H9NOS. The van der Waals surface area contributed by atoms with Gasteiger partial charge in [0.2, 0.25) is 0 Å². The summed E-state index contributed by atoms with van der Waals surface area (Å²) >= 11 is 0. The normalized spacial score (nSPS) is 13.3. The summed E-state index contributed by atoms with van der Waals surface area (Å²) in [5.74, 6) is 0. The van der Waals surface area contributed by atoms with Crippen LogP contribution >= 0.6 is 0 Å². The summed E-state index contributed by atoms with van der Waals surface area (Å²) in [4.78, 5) is 0. The Morgan fingerprint density at radius 3 is 2.71 bits per heavy atom. The van der Waals surface area contributed by atoms with Gasteiger partial charge >= 0.3 is 0 Å². The molecule has 0 heterocycles. The average molecular weight is 119 g/mol. The monoisotopic (exact) mass is 119 g/mol. The van der Waals surface area contributed by atoms with Crippen LogP contribution in [0.5, 0.6) is 0 Å². The van der Waals surface area contributed by atoms with Crippen LogP contribution in [0.4, 0.5) is 0 Å². The number of nitrogens with one attached hydrogen (secondary N) is 1. The highest BCUT2D eigenvalue weighted by atomic mass is 32.2. The van der Waals surface area contributed by atoms with Gasteiger partial charge in [0.1, 0.15) is 0 Å². The Kier molecular flexibility index (Phi) is 3.93. The van der Waals surface area contributed by atoms with Gasteiger partial charge in [-0.1, -0.05) is 6.08 Å². The molecule has 3 heteroatoms. The van der Waals surface area contributed by atoms with Crippen molar-refractivity contribution < 1.29 is 4.21 Å². The molecule has 0 amide bonds. The molecule has 1 N–H and O–H groups in total. The predicted molar refractivity (Wildman–Crippen MR) is 32.3 cm³/mol. The molecule has 0 spiro atoms. The van der Waals surface area contributed by atoms with E-state index in [1.807, 2.05) is 0 Å². The summed E-state index contributed by atoms with van der Waals surface area (Å²) in [5, 5.41) is 0. The molecule has 0 saturated heterocycles. The van der Waals surface area contributed by atoms with Gasteiger partial charge in [0.25, 0.3) is 0 Å². The second-order valence-electron chi connectivity index (χ2n) is 1.09. The van der Waals surface area contributed by atoms with Gasteiger partial charge in [-0.25, -0.2) is 8.93 Å². The molecule has 0 aliphatic heterocycles. The maximum atomic E-state index is 10.2. The Balaban J connectivity index is 2.97. The molecule has 0 aromatic rings. The molecule has 0 aromatic carbocycles. The number of hydrogen-bond donors (Lipinski definition) is 1. The molecule has 1 atom stereocenters. The van der Waals surface area contributed by atoms with Crippen LogP contribution in [0, 0.1) is 0 Å². The lowest BCUT2D eigenvalue weighted by Crippen LogP contribution is -2.14. The number of hydrogen-bond acceptors (Lipinski definition) is 1. The summed E-state index contributed by atoms with van der Waals surface area (Å²) in [6.45, 7) is 4.05. The van der Waals surface area contributed by atoms with Crippen molar-refractivity contribution >= 4 is 11.0 Å². The highest BCUT2D eigenvalue weighted by molar-refractivity contribution is 7.82. The van der Waals surface area contributed by atoms with Crippen LogP contribution in [0.15, 0.2) is 12.7 Å². The summed E-state index contributed by atoms with van der Waals surface area (Å²) < 4.78 is 12.8. The van der Waals surface area contributed by atoms with E-state index in [1.165, 1.54) is 0 Å². The Labute approximate surface area is 46.2 Å². The van der Waals surface area contributed by atoms with Crippen molar-refractivity contribution in [1.29, 1.82) is 0 Å². The fourth-order valence-electron chi connectivity index (χ4n) is 0.176. The molecule has 0 saturated carbocycles. The smallest absolute Gasteiger partial charge is 0.0886 e.